The highest BCUT2D eigenvalue weighted by Gasteiger charge is 2.70. The molecule has 0 heterocycles. The van der Waals surface area contributed by atoms with Crippen LogP contribution < -0.4 is 0 Å². The van der Waals surface area contributed by atoms with Gasteiger partial charge in [-0.2, -0.15) is 0 Å². The number of carboxylic acids is 1. The predicted molar refractivity (Wildman–Crippen MR) is 134 cm³/mol. The van der Waals surface area contributed by atoms with Crippen LogP contribution in [0.15, 0.2) is 11.6 Å². The van der Waals surface area contributed by atoms with Crippen molar-refractivity contribution in [2.75, 3.05) is 0 Å². The first-order valence-corrected chi connectivity index (χ1v) is 13.9. The third kappa shape index (κ3) is 2.88. The highest BCUT2D eigenvalue weighted by Crippen LogP contribution is 2.75. The summed E-state index contributed by atoms with van der Waals surface area (Å²) in [6.07, 6.45) is 9.49. The Morgan fingerprint density at radius 3 is 2.21 bits per heavy atom. The number of fused-ring (bicyclic) bond motifs is 7. The quantitative estimate of drug-likeness (QED) is 0.397. The van der Waals surface area contributed by atoms with Crippen molar-refractivity contribution >= 4 is 5.97 Å². The molecule has 0 aromatic heterocycles. The molecule has 0 saturated heterocycles. The first kappa shape index (κ1) is 24.8. The average molecular weight is 473 g/mol. The monoisotopic (exact) mass is 472 g/mol. The molecule has 5 rings (SSSR count). The third-order valence-electron chi connectivity index (χ3n) is 12.9. The van der Waals surface area contributed by atoms with Gasteiger partial charge in [-0.1, -0.05) is 60.1 Å². The normalized spacial score (nSPS) is 53.4. The van der Waals surface area contributed by atoms with Crippen molar-refractivity contribution < 1.29 is 20.1 Å². The number of hydrogen-bond acceptors (Lipinski definition) is 3. The highest BCUT2D eigenvalue weighted by molar-refractivity contribution is 5.76. The number of aliphatic hydroxyl groups excluding tert-OH is 2. The lowest BCUT2D eigenvalue weighted by atomic mass is 9.33. The average Bonchev–Trinajstić information content (AvgIpc) is 2.70. The first-order valence-electron chi connectivity index (χ1n) is 13.9. The van der Waals surface area contributed by atoms with Crippen molar-refractivity contribution in [1.82, 2.24) is 0 Å². The van der Waals surface area contributed by atoms with E-state index < -0.39 is 17.5 Å². The van der Waals surface area contributed by atoms with Crippen molar-refractivity contribution in [2.24, 2.45) is 50.2 Å². The van der Waals surface area contributed by atoms with Gasteiger partial charge in [0.25, 0.3) is 0 Å². The van der Waals surface area contributed by atoms with Gasteiger partial charge in [-0.3, -0.25) is 4.79 Å². The Morgan fingerprint density at radius 2 is 1.56 bits per heavy atom. The molecule has 5 aliphatic carbocycles. The lowest BCUT2D eigenvalue weighted by Gasteiger charge is -2.72. The fraction of sp³-hybridized carbons (Fsp3) is 0.900. The number of carboxylic acid groups (broad SMARTS) is 1. The van der Waals surface area contributed by atoms with Crippen LogP contribution in [0.1, 0.15) is 106 Å². The summed E-state index contributed by atoms with van der Waals surface area (Å²) >= 11 is 0. The van der Waals surface area contributed by atoms with Crippen LogP contribution in [0.25, 0.3) is 0 Å². The van der Waals surface area contributed by atoms with Gasteiger partial charge >= 0.3 is 5.97 Å². The molecule has 0 aromatic rings. The largest absolute Gasteiger partial charge is 0.481 e. The molecule has 0 radical (unpaired) electrons. The van der Waals surface area contributed by atoms with Gasteiger partial charge in [0, 0.05) is 0 Å². The molecule has 4 nitrogen and oxygen atoms in total. The Bertz CT molecular complexity index is 919. The standard InChI is InChI=1S/C30H48O4/c1-25(2)12-14-30(24(33)34)15-13-28(6)18(19(30)16-25)8-9-21-27(5)11-10-22(32)26(3,4)23(27)20(31)17-29(21,28)7/h8,19-23,31-32H,9-17H2,1-7H3,(H,33,34)/t19-,20-,21-,22+,23+,27-,28-,29-,30+/m1/s1. The molecule has 0 aliphatic heterocycles. The van der Waals surface area contributed by atoms with E-state index in [-0.39, 0.29) is 45.0 Å². The zero-order chi connectivity index (χ0) is 25.1. The Balaban J connectivity index is 1.63. The number of carbonyl (C=O) groups is 1. The Kier molecular flexibility index (Phi) is 5.20. The molecule has 9 atom stereocenters. The number of rotatable bonds is 1. The van der Waals surface area contributed by atoms with Gasteiger partial charge in [0.1, 0.15) is 0 Å². The van der Waals surface area contributed by atoms with Crippen LogP contribution in [0, 0.1) is 50.2 Å². The van der Waals surface area contributed by atoms with Crippen LogP contribution in [-0.2, 0) is 4.79 Å². The molecule has 0 amide bonds. The summed E-state index contributed by atoms with van der Waals surface area (Å²) in [6, 6.07) is 0. The molecule has 4 fully saturated rings. The molecule has 0 bridgehead atoms. The minimum atomic E-state index is -0.624. The number of allylic oxidation sites excluding steroid dienone is 2. The van der Waals surface area contributed by atoms with E-state index in [2.05, 4.69) is 54.5 Å². The summed E-state index contributed by atoms with van der Waals surface area (Å²) in [5, 5.41) is 33.1. The van der Waals surface area contributed by atoms with Crippen LogP contribution in [0.4, 0.5) is 0 Å². The number of aliphatic carboxylic acids is 1. The van der Waals surface area contributed by atoms with Gasteiger partial charge in [0.15, 0.2) is 0 Å². The molecule has 4 heteroatoms. The molecule has 0 spiro atoms. The number of hydrogen-bond donors (Lipinski definition) is 3. The second-order valence-electron chi connectivity index (χ2n) is 15.2. The van der Waals surface area contributed by atoms with Gasteiger partial charge < -0.3 is 15.3 Å². The Hall–Kier alpha value is -0.870. The van der Waals surface area contributed by atoms with E-state index in [9.17, 15) is 20.1 Å². The summed E-state index contributed by atoms with van der Waals surface area (Å²) in [5.74, 6) is 0.0121. The molecule has 34 heavy (non-hydrogen) atoms. The van der Waals surface area contributed by atoms with Gasteiger partial charge in [-0.25, -0.2) is 0 Å². The zero-order valence-electron chi connectivity index (χ0n) is 22.6. The van der Waals surface area contributed by atoms with Gasteiger partial charge in [-0.15, -0.1) is 0 Å². The van der Waals surface area contributed by atoms with E-state index in [1.165, 1.54) is 5.57 Å². The minimum absolute atomic E-state index is 0.0344. The van der Waals surface area contributed by atoms with E-state index >= 15 is 0 Å². The number of aliphatic hydroxyl groups is 2. The van der Waals surface area contributed by atoms with Crippen molar-refractivity contribution in [2.45, 2.75) is 118 Å². The van der Waals surface area contributed by atoms with Crippen molar-refractivity contribution in [1.29, 1.82) is 0 Å². The molecule has 4 saturated carbocycles. The maximum Gasteiger partial charge on any atom is 0.310 e. The van der Waals surface area contributed by atoms with Crippen LogP contribution in [0.3, 0.4) is 0 Å². The lowest BCUT2D eigenvalue weighted by Crippen LogP contribution is -2.68. The molecular formula is C30H48O4. The summed E-state index contributed by atoms with van der Waals surface area (Å²) < 4.78 is 0. The van der Waals surface area contributed by atoms with Crippen molar-refractivity contribution in [3.63, 3.8) is 0 Å². The van der Waals surface area contributed by atoms with Crippen LogP contribution in [0.2, 0.25) is 0 Å². The maximum atomic E-state index is 12.8. The smallest absolute Gasteiger partial charge is 0.310 e. The van der Waals surface area contributed by atoms with Crippen molar-refractivity contribution in [3.8, 4) is 0 Å². The van der Waals surface area contributed by atoms with Gasteiger partial charge in [-0.05, 0) is 103 Å². The Morgan fingerprint density at radius 1 is 0.912 bits per heavy atom. The van der Waals surface area contributed by atoms with Crippen LogP contribution >= 0.6 is 0 Å². The first-order chi connectivity index (χ1) is 15.6. The highest BCUT2D eigenvalue weighted by atomic mass is 16.4. The minimum Gasteiger partial charge on any atom is -0.481 e. The van der Waals surface area contributed by atoms with Crippen LogP contribution in [-0.4, -0.2) is 33.5 Å². The Labute approximate surface area is 206 Å². The second-order valence-corrected chi connectivity index (χ2v) is 15.2. The second kappa shape index (κ2) is 7.12. The summed E-state index contributed by atoms with van der Waals surface area (Å²) in [5.41, 5.74) is 0.421. The van der Waals surface area contributed by atoms with E-state index in [1.54, 1.807) is 0 Å². The molecule has 192 valence electrons. The summed E-state index contributed by atoms with van der Waals surface area (Å²) in [4.78, 5) is 12.8. The third-order valence-corrected chi connectivity index (χ3v) is 12.9. The van der Waals surface area contributed by atoms with Crippen LogP contribution in [0.5, 0.6) is 0 Å². The van der Waals surface area contributed by atoms with E-state index in [4.69, 9.17) is 0 Å². The molecule has 5 aliphatic rings. The fourth-order valence-corrected chi connectivity index (χ4v) is 10.8. The summed E-state index contributed by atoms with van der Waals surface area (Å²) in [6.45, 7) is 16.2. The molecule has 0 unspecified atom stereocenters. The molecule has 0 aromatic carbocycles. The SMILES string of the molecule is CC1(C)CC[C@]2(C(=O)O)CC[C@]3(C)C(=CC[C@@H]4[C@@]5(C)CC[C@H](O)C(C)(C)[C@@H]5[C@H](O)C[C@]43C)[C@H]2C1. The van der Waals surface area contributed by atoms with E-state index in [0.717, 1.165) is 57.8 Å². The predicted octanol–water partition coefficient (Wildman–Crippen LogP) is 6.20. The van der Waals surface area contributed by atoms with E-state index in [1.807, 2.05) is 0 Å². The zero-order valence-corrected chi connectivity index (χ0v) is 22.6. The van der Waals surface area contributed by atoms with Gasteiger partial charge in [0.2, 0.25) is 0 Å². The topological polar surface area (TPSA) is 77.8 Å². The molecular weight excluding hydrogens is 424 g/mol. The van der Waals surface area contributed by atoms with Gasteiger partial charge in [0.05, 0.1) is 17.6 Å². The maximum absolute atomic E-state index is 12.8. The fourth-order valence-electron chi connectivity index (χ4n) is 10.8. The van der Waals surface area contributed by atoms with E-state index in [0.29, 0.717) is 5.92 Å². The molecule has 3 N–H and O–H groups in total. The summed E-state index contributed by atoms with van der Waals surface area (Å²) in [7, 11) is 0. The van der Waals surface area contributed by atoms with Crippen molar-refractivity contribution in [3.05, 3.63) is 11.6 Å². The lowest BCUT2D eigenvalue weighted by molar-refractivity contribution is -0.242.